The SMILES string of the molecule is CC(C)(C)c1cc2c(S(N)(=O)=O)cc(NC(=O)Cc3ccccc3Cl)cc2o1. The zero-order valence-corrected chi connectivity index (χ0v) is 17.3. The van der Waals surface area contributed by atoms with Crippen molar-refractivity contribution < 1.29 is 17.6 Å². The van der Waals surface area contributed by atoms with Crippen LogP contribution in [0.3, 0.4) is 0 Å². The van der Waals surface area contributed by atoms with Crippen molar-refractivity contribution in [3.63, 3.8) is 0 Å². The highest BCUT2D eigenvalue weighted by molar-refractivity contribution is 7.89. The average Bonchev–Trinajstić information content (AvgIpc) is 2.99. The van der Waals surface area contributed by atoms with Gasteiger partial charge in [0.15, 0.2) is 0 Å². The molecule has 8 heteroatoms. The molecular formula is C20H21ClN2O4S. The smallest absolute Gasteiger partial charge is 0.238 e. The Morgan fingerprint density at radius 3 is 2.46 bits per heavy atom. The van der Waals surface area contributed by atoms with Crippen LogP contribution in [0.4, 0.5) is 5.69 Å². The van der Waals surface area contributed by atoms with E-state index in [4.69, 9.17) is 21.2 Å². The molecule has 0 aliphatic heterocycles. The van der Waals surface area contributed by atoms with E-state index in [-0.39, 0.29) is 28.3 Å². The maximum Gasteiger partial charge on any atom is 0.238 e. The van der Waals surface area contributed by atoms with Gasteiger partial charge in [0, 0.05) is 27.6 Å². The van der Waals surface area contributed by atoms with Crippen molar-refractivity contribution in [2.45, 2.75) is 37.5 Å². The first-order valence-corrected chi connectivity index (χ1v) is 10.5. The predicted molar refractivity (Wildman–Crippen MR) is 110 cm³/mol. The minimum Gasteiger partial charge on any atom is -0.460 e. The highest BCUT2D eigenvalue weighted by atomic mass is 35.5. The number of carbonyl (C=O) groups excluding carboxylic acids is 1. The number of rotatable bonds is 4. The van der Waals surface area contributed by atoms with Gasteiger partial charge in [-0.2, -0.15) is 0 Å². The van der Waals surface area contributed by atoms with E-state index < -0.39 is 10.0 Å². The lowest BCUT2D eigenvalue weighted by Gasteiger charge is -2.13. The van der Waals surface area contributed by atoms with Gasteiger partial charge in [0.05, 0.1) is 11.3 Å². The Morgan fingerprint density at radius 1 is 1.18 bits per heavy atom. The van der Waals surface area contributed by atoms with Gasteiger partial charge in [-0.15, -0.1) is 0 Å². The number of hydrogen-bond donors (Lipinski definition) is 2. The molecule has 0 atom stereocenters. The molecule has 2 aromatic carbocycles. The number of fused-ring (bicyclic) bond motifs is 1. The zero-order chi connectivity index (χ0) is 20.7. The third-order valence-corrected chi connectivity index (χ3v) is 5.56. The summed E-state index contributed by atoms with van der Waals surface area (Å²) in [5.74, 6) is 0.280. The minimum atomic E-state index is -4.02. The van der Waals surface area contributed by atoms with E-state index in [1.54, 1.807) is 36.4 Å². The fourth-order valence-corrected chi connectivity index (χ4v) is 3.76. The fraction of sp³-hybridized carbons (Fsp3) is 0.250. The zero-order valence-electron chi connectivity index (χ0n) is 15.7. The standard InChI is InChI=1S/C20H21ClN2O4S/c1-20(2,3)18-11-14-16(27-18)9-13(10-17(14)28(22,25)26)23-19(24)8-12-6-4-5-7-15(12)21/h4-7,9-11H,8H2,1-3H3,(H,23,24)(H2,22,25,26). The van der Waals surface area contributed by atoms with Gasteiger partial charge < -0.3 is 9.73 Å². The molecule has 0 saturated heterocycles. The summed E-state index contributed by atoms with van der Waals surface area (Å²) in [5, 5.41) is 8.95. The fourth-order valence-electron chi connectivity index (χ4n) is 2.80. The average molecular weight is 421 g/mol. The van der Waals surface area contributed by atoms with Gasteiger partial charge in [-0.3, -0.25) is 4.79 Å². The molecule has 3 rings (SSSR count). The normalized spacial score (nSPS) is 12.3. The Balaban J connectivity index is 1.99. The maximum absolute atomic E-state index is 12.4. The second-order valence-electron chi connectivity index (χ2n) is 7.61. The van der Waals surface area contributed by atoms with E-state index in [0.717, 1.165) is 0 Å². The van der Waals surface area contributed by atoms with Gasteiger partial charge >= 0.3 is 0 Å². The van der Waals surface area contributed by atoms with Crippen molar-refractivity contribution in [3.8, 4) is 0 Å². The van der Waals surface area contributed by atoms with Crippen molar-refractivity contribution in [1.29, 1.82) is 0 Å². The molecular weight excluding hydrogens is 400 g/mol. The van der Waals surface area contributed by atoms with Gasteiger partial charge in [-0.25, -0.2) is 13.6 Å². The Kier molecular flexibility index (Phi) is 5.27. The van der Waals surface area contributed by atoms with Crippen LogP contribution in [0.25, 0.3) is 11.0 Å². The Morgan fingerprint density at radius 2 is 1.86 bits per heavy atom. The molecule has 0 radical (unpaired) electrons. The number of carbonyl (C=O) groups is 1. The van der Waals surface area contributed by atoms with Crippen molar-refractivity contribution >= 4 is 44.2 Å². The van der Waals surface area contributed by atoms with Gasteiger partial charge in [0.1, 0.15) is 11.3 Å². The molecule has 0 saturated carbocycles. The Labute approximate surface area is 168 Å². The van der Waals surface area contributed by atoms with Crippen LogP contribution in [0.5, 0.6) is 0 Å². The number of primary sulfonamides is 1. The number of amides is 1. The molecule has 0 unspecified atom stereocenters. The number of anilines is 1. The monoisotopic (exact) mass is 420 g/mol. The molecule has 1 amide bonds. The maximum atomic E-state index is 12.4. The second kappa shape index (κ2) is 7.24. The molecule has 3 N–H and O–H groups in total. The molecule has 148 valence electrons. The molecule has 0 fully saturated rings. The summed E-state index contributed by atoms with van der Waals surface area (Å²) < 4.78 is 30.0. The van der Waals surface area contributed by atoms with E-state index in [2.05, 4.69) is 5.32 Å². The van der Waals surface area contributed by atoms with Gasteiger partial charge in [-0.05, 0) is 23.8 Å². The summed E-state index contributed by atoms with van der Waals surface area (Å²) in [4.78, 5) is 12.3. The van der Waals surface area contributed by atoms with Crippen molar-refractivity contribution in [1.82, 2.24) is 0 Å². The Hall–Kier alpha value is -2.35. The molecule has 0 aliphatic carbocycles. The topological polar surface area (TPSA) is 102 Å². The molecule has 0 aliphatic rings. The summed E-state index contributed by atoms with van der Waals surface area (Å²) in [6.07, 6.45) is 0.0494. The molecule has 0 bridgehead atoms. The van der Waals surface area contributed by atoms with Crippen molar-refractivity contribution in [3.05, 3.63) is 58.8 Å². The van der Waals surface area contributed by atoms with Gasteiger partial charge in [-0.1, -0.05) is 50.6 Å². The lowest BCUT2D eigenvalue weighted by atomic mass is 9.93. The number of hydrogen-bond acceptors (Lipinski definition) is 4. The van der Waals surface area contributed by atoms with Crippen molar-refractivity contribution in [2.24, 2.45) is 5.14 Å². The molecule has 3 aromatic rings. The highest BCUT2D eigenvalue weighted by Crippen LogP contribution is 2.34. The van der Waals surface area contributed by atoms with Crippen LogP contribution in [0.1, 0.15) is 32.1 Å². The summed E-state index contributed by atoms with van der Waals surface area (Å²) in [6, 6.07) is 11.6. The number of sulfonamides is 1. The van der Waals surface area contributed by atoms with E-state index in [1.807, 2.05) is 20.8 Å². The van der Waals surface area contributed by atoms with Crippen LogP contribution in [0, 0.1) is 0 Å². The number of halogens is 1. The van der Waals surface area contributed by atoms with Gasteiger partial charge in [0.25, 0.3) is 0 Å². The molecule has 28 heavy (non-hydrogen) atoms. The molecule has 1 aromatic heterocycles. The van der Waals surface area contributed by atoms with Gasteiger partial charge in [0.2, 0.25) is 15.9 Å². The van der Waals surface area contributed by atoms with E-state index in [1.165, 1.54) is 6.07 Å². The van der Waals surface area contributed by atoms with Crippen molar-refractivity contribution in [2.75, 3.05) is 5.32 Å². The van der Waals surface area contributed by atoms with E-state index in [9.17, 15) is 13.2 Å². The second-order valence-corrected chi connectivity index (χ2v) is 9.55. The third-order valence-electron chi connectivity index (χ3n) is 4.24. The quantitative estimate of drug-likeness (QED) is 0.659. The summed E-state index contributed by atoms with van der Waals surface area (Å²) in [5.41, 5.74) is 0.970. The lowest BCUT2D eigenvalue weighted by molar-refractivity contribution is -0.115. The van der Waals surface area contributed by atoms with E-state index in [0.29, 0.717) is 27.3 Å². The van der Waals surface area contributed by atoms with Crippen LogP contribution < -0.4 is 10.5 Å². The predicted octanol–water partition coefficient (Wildman–Crippen LogP) is 4.21. The molecule has 0 spiro atoms. The number of nitrogens with two attached hydrogens (primary N) is 1. The summed E-state index contributed by atoms with van der Waals surface area (Å²) in [6.45, 7) is 5.86. The molecule has 1 heterocycles. The minimum absolute atomic E-state index is 0.0494. The number of furan rings is 1. The third kappa shape index (κ3) is 4.38. The Bertz CT molecular complexity index is 1160. The van der Waals surface area contributed by atoms with Crippen LogP contribution >= 0.6 is 11.6 Å². The first-order chi connectivity index (χ1) is 12.9. The summed E-state index contributed by atoms with van der Waals surface area (Å²) >= 11 is 6.09. The van der Waals surface area contributed by atoms with Crippen LogP contribution in [0.2, 0.25) is 5.02 Å². The molecule has 6 nitrogen and oxygen atoms in total. The lowest BCUT2D eigenvalue weighted by Crippen LogP contribution is -2.16. The van der Waals surface area contributed by atoms with E-state index >= 15 is 0 Å². The number of nitrogens with one attached hydrogen (secondary N) is 1. The first-order valence-electron chi connectivity index (χ1n) is 8.59. The largest absolute Gasteiger partial charge is 0.460 e. The summed E-state index contributed by atoms with van der Waals surface area (Å²) in [7, 11) is -4.02. The number of benzene rings is 2. The van der Waals surface area contributed by atoms with Crippen LogP contribution in [-0.2, 0) is 26.7 Å². The van der Waals surface area contributed by atoms with Crippen LogP contribution in [0.15, 0.2) is 51.8 Å². The van der Waals surface area contributed by atoms with Crippen LogP contribution in [-0.4, -0.2) is 14.3 Å². The highest BCUT2D eigenvalue weighted by Gasteiger charge is 2.23. The first kappa shape index (κ1) is 20.4.